The molecule has 2 amide bonds. The van der Waals surface area contributed by atoms with Gasteiger partial charge >= 0.3 is 0 Å². The molecule has 1 aliphatic carbocycles. The van der Waals surface area contributed by atoms with Crippen molar-refractivity contribution in [2.75, 3.05) is 11.4 Å². The Kier molecular flexibility index (Phi) is 7.03. The highest BCUT2D eigenvalue weighted by molar-refractivity contribution is 6.31. The highest BCUT2D eigenvalue weighted by atomic mass is 35.5. The number of benzene rings is 1. The van der Waals surface area contributed by atoms with Crippen LogP contribution in [0.5, 0.6) is 0 Å². The second-order valence-corrected chi connectivity index (χ2v) is 6.68. The summed E-state index contributed by atoms with van der Waals surface area (Å²) >= 11 is 5.78. The smallest absolute Gasteiger partial charge is 0.223 e. The van der Waals surface area contributed by atoms with Crippen molar-refractivity contribution in [1.29, 1.82) is 0 Å². The fourth-order valence-electron chi connectivity index (χ4n) is 3.06. The Bertz CT molecular complexity index is 586. The van der Waals surface area contributed by atoms with E-state index >= 15 is 0 Å². The molecule has 0 spiro atoms. The van der Waals surface area contributed by atoms with Gasteiger partial charge in [-0.25, -0.2) is 4.39 Å². The monoisotopic (exact) mass is 354 g/mol. The van der Waals surface area contributed by atoms with E-state index in [1.807, 2.05) is 0 Å². The van der Waals surface area contributed by atoms with Crippen LogP contribution in [-0.4, -0.2) is 24.4 Å². The number of hydrogen-bond donors (Lipinski definition) is 1. The molecule has 0 atom stereocenters. The Morgan fingerprint density at radius 3 is 2.50 bits per heavy atom. The van der Waals surface area contributed by atoms with Gasteiger partial charge in [-0.3, -0.25) is 9.59 Å². The number of hydrogen-bond acceptors (Lipinski definition) is 2. The second kappa shape index (κ2) is 9.02. The van der Waals surface area contributed by atoms with E-state index in [1.165, 1.54) is 42.9 Å². The minimum atomic E-state index is -0.532. The van der Waals surface area contributed by atoms with Gasteiger partial charge in [0.15, 0.2) is 0 Å². The van der Waals surface area contributed by atoms with Gasteiger partial charge in [0, 0.05) is 31.6 Å². The number of amides is 2. The van der Waals surface area contributed by atoms with Crippen LogP contribution >= 0.6 is 11.6 Å². The summed E-state index contributed by atoms with van der Waals surface area (Å²) in [6, 6.07) is 4.36. The van der Waals surface area contributed by atoms with Crippen molar-refractivity contribution in [3.05, 3.63) is 29.0 Å². The molecule has 0 unspecified atom stereocenters. The zero-order valence-corrected chi connectivity index (χ0v) is 14.7. The zero-order chi connectivity index (χ0) is 17.5. The van der Waals surface area contributed by atoms with Crippen LogP contribution < -0.4 is 10.2 Å². The van der Waals surface area contributed by atoms with Gasteiger partial charge in [-0.2, -0.15) is 0 Å². The molecule has 0 aromatic heterocycles. The second-order valence-electron chi connectivity index (χ2n) is 6.28. The number of carbonyl (C=O) groups is 2. The normalized spacial score (nSPS) is 15.6. The maximum Gasteiger partial charge on any atom is 0.223 e. The van der Waals surface area contributed by atoms with Gasteiger partial charge in [-0.1, -0.05) is 37.3 Å². The summed E-state index contributed by atoms with van der Waals surface area (Å²) in [5, 5.41) is 3.02. The lowest BCUT2D eigenvalue weighted by Gasteiger charge is -2.22. The average Bonchev–Trinajstić information content (AvgIpc) is 2.79. The molecule has 6 heteroatoms. The van der Waals surface area contributed by atoms with E-state index in [4.69, 9.17) is 11.6 Å². The number of halogens is 2. The summed E-state index contributed by atoms with van der Waals surface area (Å²) in [7, 11) is 0. The van der Waals surface area contributed by atoms with Crippen molar-refractivity contribution in [3.8, 4) is 0 Å². The topological polar surface area (TPSA) is 49.4 Å². The average molecular weight is 355 g/mol. The number of nitrogens with zero attached hydrogens (tertiary/aromatic N) is 1. The number of nitrogens with one attached hydrogen (secondary N) is 1. The molecule has 0 aliphatic heterocycles. The molecule has 132 valence electrons. The third kappa shape index (κ3) is 5.48. The maximum absolute atomic E-state index is 13.3. The molecule has 1 aromatic carbocycles. The third-order valence-corrected chi connectivity index (χ3v) is 4.67. The highest BCUT2D eigenvalue weighted by Crippen LogP contribution is 2.23. The number of rotatable bonds is 5. The van der Waals surface area contributed by atoms with Gasteiger partial charge in [0.25, 0.3) is 0 Å². The highest BCUT2D eigenvalue weighted by Gasteiger charge is 2.18. The Balaban J connectivity index is 1.92. The van der Waals surface area contributed by atoms with Crippen molar-refractivity contribution < 1.29 is 14.0 Å². The molecular weight excluding hydrogens is 331 g/mol. The molecule has 24 heavy (non-hydrogen) atoms. The van der Waals surface area contributed by atoms with E-state index in [2.05, 4.69) is 5.32 Å². The Morgan fingerprint density at radius 2 is 1.92 bits per heavy atom. The van der Waals surface area contributed by atoms with Crippen LogP contribution in [0.3, 0.4) is 0 Å². The maximum atomic E-state index is 13.3. The van der Waals surface area contributed by atoms with Crippen LogP contribution in [0.2, 0.25) is 5.02 Å². The molecule has 1 N–H and O–H groups in total. The fourth-order valence-corrected chi connectivity index (χ4v) is 3.23. The third-order valence-electron chi connectivity index (χ3n) is 4.38. The lowest BCUT2D eigenvalue weighted by molar-refractivity contribution is -0.121. The van der Waals surface area contributed by atoms with Crippen molar-refractivity contribution >= 4 is 29.1 Å². The summed E-state index contributed by atoms with van der Waals surface area (Å²) in [5.74, 6) is -0.795. The van der Waals surface area contributed by atoms with Crippen LogP contribution in [0.1, 0.15) is 51.9 Å². The molecule has 0 heterocycles. The first-order valence-corrected chi connectivity index (χ1v) is 8.87. The fraction of sp³-hybridized carbons (Fsp3) is 0.556. The summed E-state index contributed by atoms with van der Waals surface area (Å²) < 4.78 is 13.3. The Labute approximate surface area is 147 Å². The summed E-state index contributed by atoms with van der Waals surface area (Å²) in [4.78, 5) is 25.5. The minimum Gasteiger partial charge on any atom is -0.353 e. The molecule has 2 rings (SSSR count). The van der Waals surface area contributed by atoms with Crippen molar-refractivity contribution in [1.82, 2.24) is 5.32 Å². The first kappa shape index (κ1) is 18.7. The van der Waals surface area contributed by atoms with Gasteiger partial charge in [0.2, 0.25) is 11.8 Å². The lowest BCUT2D eigenvalue weighted by Crippen LogP contribution is -2.38. The molecular formula is C18H24ClFN2O2. The van der Waals surface area contributed by atoms with Crippen LogP contribution in [0.25, 0.3) is 0 Å². The van der Waals surface area contributed by atoms with E-state index in [0.717, 1.165) is 25.7 Å². The molecule has 0 saturated heterocycles. The first-order chi connectivity index (χ1) is 11.5. The van der Waals surface area contributed by atoms with Crippen molar-refractivity contribution in [2.45, 2.75) is 57.9 Å². The molecule has 1 fully saturated rings. The van der Waals surface area contributed by atoms with Crippen molar-refractivity contribution in [3.63, 3.8) is 0 Å². The molecule has 0 radical (unpaired) electrons. The largest absolute Gasteiger partial charge is 0.353 e. The van der Waals surface area contributed by atoms with Gasteiger partial charge in [-0.15, -0.1) is 0 Å². The quantitative estimate of drug-likeness (QED) is 0.810. The predicted octanol–water partition coefficient (Wildman–Crippen LogP) is 4.06. The standard InChI is InChI=1S/C18H24ClFN2O2/c1-13(23)22(15-8-9-17(20)16(19)12-15)11-10-18(24)21-14-6-4-2-3-5-7-14/h8-9,12,14H,2-7,10-11H2,1H3,(H,21,24). The zero-order valence-electron chi connectivity index (χ0n) is 14.0. The summed E-state index contributed by atoms with van der Waals surface area (Å²) in [5.41, 5.74) is 0.496. The SMILES string of the molecule is CC(=O)N(CCC(=O)NC1CCCCCC1)c1ccc(F)c(Cl)c1. The molecule has 4 nitrogen and oxygen atoms in total. The van der Waals surface area contributed by atoms with Crippen LogP contribution in [0.4, 0.5) is 10.1 Å². The van der Waals surface area contributed by atoms with Crippen LogP contribution in [-0.2, 0) is 9.59 Å². The Morgan fingerprint density at radius 1 is 1.25 bits per heavy atom. The first-order valence-electron chi connectivity index (χ1n) is 8.50. The summed E-state index contributed by atoms with van der Waals surface area (Å²) in [6.45, 7) is 1.66. The van der Waals surface area contributed by atoms with E-state index in [9.17, 15) is 14.0 Å². The van der Waals surface area contributed by atoms with E-state index in [1.54, 1.807) is 0 Å². The number of carbonyl (C=O) groups excluding carboxylic acids is 2. The Hall–Kier alpha value is -1.62. The van der Waals surface area contributed by atoms with Crippen molar-refractivity contribution in [2.24, 2.45) is 0 Å². The van der Waals surface area contributed by atoms with E-state index < -0.39 is 5.82 Å². The minimum absolute atomic E-state index is 0.0401. The van der Waals surface area contributed by atoms with E-state index in [-0.39, 0.29) is 35.8 Å². The molecule has 1 aromatic rings. The van der Waals surface area contributed by atoms with E-state index in [0.29, 0.717) is 5.69 Å². The lowest BCUT2D eigenvalue weighted by atomic mass is 10.1. The van der Waals surface area contributed by atoms with Gasteiger partial charge in [0.05, 0.1) is 5.02 Å². The molecule has 0 bridgehead atoms. The van der Waals surface area contributed by atoms with Gasteiger partial charge < -0.3 is 10.2 Å². The van der Waals surface area contributed by atoms with Crippen LogP contribution in [0.15, 0.2) is 18.2 Å². The molecule has 1 saturated carbocycles. The number of anilines is 1. The van der Waals surface area contributed by atoms with Gasteiger partial charge in [0.1, 0.15) is 5.82 Å². The summed E-state index contributed by atoms with van der Waals surface area (Å²) in [6.07, 6.45) is 7.03. The van der Waals surface area contributed by atoms with Crippen LogP contribution in [0, 0.1) is 5.82 Å². The predicted molar refractivity (Wildman–Crippen MR) is 93.7 cm³/mol. The van der Waals surface area contributed by atoms with Gasteiger partial charge in [-0.05, 0) is 31.0 Å². The molecule has 1 aliphatic rings.